The van der Waals surface area contributed by atoms with Gasteiger partial charge in [0.2, 0.25) is 0 Å². The Bertz CT molecular complexity index is 340. The Balaban J connectivity index is 2.29. The molecule has 1 aliphatic rings. The summed E-state index contributed by atoms with van der Waals surface area (Å²) in [5.41, 5.74) is 0.549. The number of benzene rings is 1. The summed E-state index contributed by atoms with van der Waals surface area (Å²) in [4.78, 5) is 0. The topological polar surface area (TPSA) is 20.2 Å². The van der Waals surface area contributed by atoms with Crippen LogP contribution in [0.25, 0.3) is 0 Å². The predicted octanol–water partition coefficient (Wildman–Crippen LogP) is 1.47. The van der Waals surface area contributed by atoms with Crippen LogP contribution in [-0.4, -0.2) is 15.3 Å². The zero-order valence-electron chi connectivity index (χ0n) is 10.4. The van der Waals surface area contributed by atoms with Gasteiger partial charge < -0.3 is 5.11 Å². The minimum Gasteiger partial charge on any atom is -0.385 e. The Hall–Kier alpha value is -0.603. The van der Waals surface area contributed by atoms with Gasteiger partial charge in [-0.2, -0.15) is 0 Å². The van der Waals surface area contributed by atoms with Crippen molar-refractivity contribution in [2.45, 2.75) is 44.6 Å². The maximum absolute atomic E-state index is 10.9. The van der Waals surface area contributed by atoms with Crippen LogP contribution in [-0.2, 0) is 5.60 Å². The molecular formula is C14H22OSi. The van der Waals surface area contributed by atoms with Gasteiger partial charge in [0.1, 0.15) is 0 Å². The molecule has 2 heteroatoms. The molecule has 1 aliphatic carbocycles. The van der Waals surface area contributed by atoms with Gasteiger partial charge in [-0.25, -0.2) is 0 Å². The third-order valence-corrected chi connectivity index (χ3v) is 4.79. The lowest BCUT2D eigenvalue weighted by Crippen LogP contribution is -2.33. The van der Waals surface area contributed by atoms with Gasteiger partial charge in [0.15, 0.2) is 0 Å². The summed E-state index contributed by atoms with van der Waals surface area (Å²) in [5.74, 6) is 0.470. The van der Waals surface area contributed by atoms with E-state index in [1.165, 1.54) is 30.9 Å². The third kappa shape index (κ3) is 2.09. The van der Waals surface area contributed by atoms with Crippen LogP contribution in [0.3, 0.4) is 0 Å². The van der Waals surface area contributed by atoms with Crippen molar-refractivity contribution in [1.82, 2.24) is 0 Å². The normalized spacial score (nSPS) is 21.1. The number of hydrogen-bond acceptors (Lipinski definition) is 1. The molecule has 1 N–H and O–H groups in total. The van der Waals surface area contributed by atoms with Crippen molar-refractivity contribution in [2.24, 2.45) is 5.92 Å². The Kier molecular flexibility index (Phi) is 3.50. The molecule has 0 heterocycles. The summed E-state index contributed by atoms with van der Waals surface area (Å²) in [7, 11) is 1.09. The van der Waals surface area contributed by atoms with E-state index in [-0.39, 0.29) is 0 Å². The van der Waals surface area contributed by atoms with Crippen LogP contribution in [0.4, 0.5) is 0 Å². The van der Waals surface area contributed by atoms with Crippen LogP contribution in [0, 0.1) is 5.92 Å². The molecule has 0 bridgehead atoms. The highest BCUT2D eigenvalue weighted by Crippen LogP contribution is 2.42. The average Bonchev–Trinajstić information content (AvgIpc) is 2.83. The lowest BCUT2D eigenvalue weighted by Gasteiger charge is -2.34. The first kappa shape index (κ1) is 11.9. The molecule has 16 heavy (non-hydrogen) atoms. The highest BCUT2D eigenvalue weighted by atomic mass is 28.1. The van der Waals surface area contributed by atoms with Crippen molar-refractivity contribution in [3.63, 3.8) is 0 Å². The number of aliphatic hydroxyl groups is 1. The Labute approximate surface area is 101 Å². The lowest BCUT2D eigenvalue weighted by atomic mass is 9.78. The van der Waals surface area contributed by atoms with Gasteiger partial charge in [0.05, 0.1) is 5.60 Å². The van der Waals surface area contributed by atoms with E-state index in [4.69, 9.17) is 0 Å². The maximum atomic E-state index is 10.9. The van der Waals surface area contributed by atoms with E-state index in [1.54, 1.807) is 0 Å². The molecule has 1 saturated carbocycles. The Morgan fingerprint density at radius 1 is 1.25 bits per heavy atom. The Morgan fingerprint density at radius 2 is 1.81 bits per heavy atom. The summed E-state index contributed by atoms with van der Waals surface area (Å²) < 4.78 is 0. The summed E-state index contributed by atoms with van der Waals surface area (Å²) in [5, 5.41) is 12.3. The first-order valence-electron chi connectivity index (χ1n) is 6.46. The fourth-order valence-corrected chi connectivity index (χ4v) is 3.31. The molecule has 0 saturated heterocycles. The molecule has 0 aromatic heterocycles. The largest absolute Gasteiger partial charge is 0.385 e. The van der Waals surface area contributed by atoms with Gasteiger partial charge in [0, 0.05) is 10.2 Å². The standard InChI is InChI=1S/C14H22OSi/c1-2-14(15,11-5-3-4-6-11)12-7-9-13(16)10-8-12/h7-11,15H,2-6H2,1,16H3. The fraction of sp³-hybridized carbons (Fsp3) is 0.571. The molecule has 0 aliphatic heterocycles. The van der Waals surface area contributed by atoms with Crippen molar-refractivity contribution in [2.75, 3.05) is 0 Å². The van der Waals surface area contributed by atoms with E-state index in [0.29, 0.717) is 5.92 Å². The van der Waals surface area contributed by atoms with Gasteiger partial charge >= 0.3 is 0 Å². The molecule has 1 unspecified atom stereocenters. The smallest absolute Gasteiger partial charge is 0.0921 e. The van der Waals surface area contributed by atoms with Gasteiger partial charge in [0.25, 0.3) is 0 Å². The van der Waals surface area contributed by atoms with Crippen LogP contribution in [0.5, 0.6) is 0 Å². The van der Waals surface area contributed by atoms with Crippen molar-refractivity contribution in [1.29, 1.82) is 0 Å². The molecule has 2 rings (SSSR count). The molecule has 1 atom stereocenters. The van der Waals surface area contributed by atoms with Crippen molar-refractivity contribution < 1.29 is 5.11 Å². The molecule has 1 nitrogen and oxygen atoms in total. The molecule has 1 aromatic carbocycles. The fourth-order valence-electron chi connectivity index (χ4n) is 2.97. The summed E-state index contributed by atoms with van der Waals surface area (Å²) >= 11 is 0. The van der Waals surface area contributed by atoms with Crippen LogP contribution >= 0.6 is 0 Å². The van der Waals surface area contributed by atoms with Gasteiger partial charge in [-0.1, -0.05) is 49.2 Å². The van der Waals surface area contributed by atoms with Crippen LogP contribution in [0.15, 0.2) is 24.3 Å². The monoisotopic (exact) mass is 234 g/mol. The Morgan fingerprint density at radius 3 is 2.31 bits per heavy atom. The first-order valence-corrected chi connectivity index (χ1v) is 7.46. The van der Waals surface area contributed by atoms with E-state index in [0.717, 1.165) is 22.2 Å². The van der Waals surface area contributed by atoms with Gasteiger partial charge in [-0.3, -0.25) is 0 Å². The second-order valence-electron chi connectivity index (χ2n) is 5.13. The number of rotatable bonds is 3. The lowest BCUT2D eigenvalue weighted by molar-refractivity contribution is -0.0256. The summed E-state index contributed by atoms with van der Waals surface area (Å²) in [6.45, 7) is 2.10. The summed E-state index contributed by atoms with van der Waals surface area (Å²) in [6, 6.07) is 8.59. The van der Waals surface area contributed by atoms with E-state index < -0.39 is 5.60 Å². The quantitative estimate of drug-likeness (QED) is 0.785. The SMILES string of the molecule is CCC(O)(c1ccc([SiH3])cc1)C1CCCC1. The van der Waals surface area contributed by atoms with Crippen LogP contribution < -0.4 is 5.19 Å². The van der Waals surface area contributed by atoms with E-state index >= 15 is 0 Å². The molecule has 88 valence electrons. The van der Waals surface area contributed by atoms with Gasteiger partial charge in [-0.15, -0.1) is 0 Å². The second-order valence-corrected chi connectivity index (χ2v) is 6.28. The van der Waals surface area contributed by atoms with Crippen molar-refractivity contribution in [3.05, 3.63) is 29.8 Å². The van der Waals surface area contributed by atoms with Crippen molar-refractivity contribution >= 4 is 15.4 Å². The highest BCUT2D eigenvalue weighted by molar-refractivity contribution is 6.32. The molecule has 1 fully saturated rings. The van der Waals surface area contributed by atoms with E-state index in [9.17, 15) is 5.11 Å². The minimum atomic E-state index is -0.578. The zero-order valence-corrected chi connectivity index (χ0v) is 12.4. The first-order chi connectivity index (χ1) is 7.66. The molecule has 0 amide bonds. The van der Waals surface area contributed by atoms with Gasteiger partial charge in [-0.05, 0) is 30.7 Å². The molecule has 0 radical (unpaired) electrons. The summed E-state index contributed by atoms with van der Waals surface area (Å²) in [6.07, 6.45) is 5.77. The van der Waals surface area contributed by atoms with Crippen LogP contribution in [0.2, 0.25) is 0 Å². The number of hydrogen-bond donors (Lipinski definition) is 1. The predicted molar refractivity (Wildman–Crippen MR) is 72.2 cm³/mol. The molecular weight excluding hydrogens is 212 g/mol. The van der Waals surface area contributed by atoms with Crippen LogP contribution in [0.1, 0.15) is 44.6 Å². The third-order valence-electron chi connectivity index (χ3n) is 4.12. The average molecular weight is 234 g/mol. The van der Waals surface area contributed by atoms with E-state index in [2.05, 4.69) is 31.2 Å². The molecule has 0 spiro atoms. The highest BCUT2D eigenvalue weighted by Gasteiger charge is 2.37. The van der Waals surface area contributed by atoms with E-state index in [1.807, 2.05) is 0 Å². The minimum absolute atomic E-state index is 0.470. The molecule has 1 aromatic rings. The zero-order chi connectivity index (χ0) is 11.6. The second kappa shape index (κ2) is 4.72. The maximum Gasteiger partial charge on any atom is 0.0921 e. The van der Waals surface area contributed by atoms with Crippen molar-refractivity contribution in [3.8, 4) is 0 Å².